The molecule has 0 aliphatic heterocycles. The summed E-state index contributed by atoms with van der Waals surface area (Å²) in [4.78, 5) is 24.6. The molecule has 46 heavy (non-hydrogen) atoms. The number of nitrogens with one attached hydrogen (secondary N) is 2. The number of hydrogen-bond acceptors (Lipinski definition) is 4. The van der Waals surface area contributed by atoms with Crippen molar-refractivity contribution in [2.75, 3.05) is 33.4 Å². The molecule has 0 aliphatic rings. The van der Waals surface area contributed by atoms with Crippen molar-refractivity contribution < 1.29 is 19.1 Å². The molecular weight excluding hydrogens is 572 g/mol. The molecule has 0 spiro atoms. The van der Waals surface area contributed by atoms with Crippen LogP contribution in [0.25, 0.3) is 10.8 Å². The Hall–Kier alpha value is -4.16. The third-order valence-electron chi connectivity index (χ3n) is 7.21. The summed E-state index contributed by atoms with van der Waals surface area (Å²) in [5.74, 6) is 0.511. The van der Waals surface area contributed by atoms with Crippen LogP contribution in [0.4, 0.5) is 0 Å². The van der Waals surface area contributed by atoms with Crippen molar-refractivity contribution >= 4 is 22.6 Å². The highest BCUT2D eigenvalue weighted by Crippen LogP contribution is 2.25. The van der Waals surface area contributed by atoms with Crippen molar-refractivity contribution in [1.29, 1.82) is 0 Å². The summed E-state index contributed by atoms with van der Waals surface area (Å²) in [5.41, 5.74) is 0.961. The molecule has 0 bridgehead atoms. The number of benzene rings is 2. The van der Waals surface area contributed by atoms with E-state index in [2.05, 4.69) is 84.4 Å². The van der Waals surface area contributed by atoms with Gasteiger partial charge in [0.15, 0.2) is 0 Å². The Bertz CT molecular complexity index is 1340. The summed E-state index contributed by atoms with van der Waals surface area (Å²) >= 11 is 0. The number of amides is 2. The van der Waals surface area contributed by atoms with Crippen LogP contribution in [0.5, 0.6) is 5.75 Å². The Labute approximate surface area is 277 Å². The zero-order valence-electron chi connectivity index (χ0n) is 28.1. The van der Waals surface area contributed by atoms with Crippen LogP contribution in [0, 0.1) is 0 Å². The van der Waals surface area contributed by atoms with E-state index in [0.717, 1.165) is 60.6 Å². The van der Waals surface area contributed by atoms with Crippen LogP contribution in [0.2, 0.25) is 0 Å². The van der Waals surface area contributed by atoms with Crippen LogP contribution in [0.15, 0.2) is 109 Å². The standard InChI is InChI=1S/C40H54N2O4/c1-4-5-6-7-8-9-10-11-12-13-14-15-16-17-18-19-20-21-22-23-39(43)41-28-30-46-31-29-42-40(44)34(2)35-24-25-37-33-38(45-3)27-26-36(37)32-35/h5-6,8-9,11-12,14-15,17-18,20-21,24-27,32-34H,4,7,10,13,16,19,22-23,28-31H2,1-3H3,(H,41,43)(H,42,44)/b6-5-,9-8-,12-11-,15-14-,18-17-,21-20-. The third kappa shape index (κ3) is 17.4. The molecule has 0 aliphatic carbocycles. The lowest BCUT2D eigenvalue weighted by Crippen LogP contribution is -2.32. The molecule has 6 nitrogen and oxygen atoms in total. The summed E-state index contributed by atoms with van der Waals surface area (Å²) < 4.78 is 10.9. The molecule has 0 heterocycles. The van der Waals surface area contributed by atoms with Gasteiger partial charge < -0.3 is 20.1 Å². The van der Waals surface area contributed by atoms with E-state index in [0.29, 0.717) is 39.1 Å². The maximum Gasteiger partial charge on any atom is 0.227 e. The molecule has 248 valence electrons. The Kier molecular flexibility index (Phi) is 20.7. The zero-order chi connectivity index (χ0) is 33.1. The lowest BCUT2D eigenvalue weighted by atomic mass is 9.97. The molecule has 0 saturated heterocycles. The Morgan fingerprint density at radius 1 is 0.696 bits per heavy atom. The number of ether oxygens (including phenoxy) is 2. The van der Waals surface area contributed by atoms with Gasteiger partial charge in [-0.1, -0.05) is 104 Å². The van der Waals surface area contributed by atoms with Gasteiger partial charge in [0.2, 0.25) is 11.8 Å². The molecule has 0 radical (unpaired) electrons. The molecule has 1 atom stereocenters. The topological polar surface area (TPSA) is 76.7 Å². The summed E-state index contributed by atoms with van der Waals surface area (Å²) in [6.07, 6.45) is 33.1. The van der Waals surface area contributed by atoms with Crippen molar-refractivity contribution in [3.63, 3.8) is 0 Å². The van der Waals surface area contributed by atoms with Gasteiger partial charge in [-0.25, -0.2) is 0 Å². The van der Waals surface area contributed by atoms with Crippen molar-refractivity contribution in [3.8, 4) is 5.75 Å². The maximum atomic E-state index is 12.6. The molecule has 2 N–H and O–H groups in total. The summed E-state index contributed by atoms with van der Waals surface area (Å²) in [7, 11) is 1.65. The average molecular weight is 627 g/mol. The second-order valence-corrected chi connectivity index (χ2v) is 10.9. The maximum absolute atomic E-state index is 12.6. The number of methoxy groups -OCH3 is 1. The lowest BCUT2D eigenvalue weighted by molar-refractivity contribution is -0.122. The fourth-order valence-corrected chi connectivity index (χ4v) is 4.50. The van der Waals surface area contributed by atoms with Crippen molar-refractivity contribution in [2.45, 2.75) is 71.1 Å². The first kappa shape index (κ1) is 38.0. The Morgan fingerprint density at radius 2 is 1.22 bits per heavy atom. The number of carbonyl (C=O) groups excluding carboxylic acids is 2. The first-order valence-corrected chi connectivity index (χ1v) is 16.6. The molecule has 2 aromatic carbocycles. The molecular formula is C40H54N2O4. The van der Waals surface area contributed by atoms with E-state index in [-0.39, 0.29) is 17.7 Å². The molecule has 0 saturated carbocycles. The van der Waals surface area contributed by atoms with E-state index in [1.165, 1.54) is 0 Å². The average Bonchev–Trinajstić information content (AvgIpc) is 3.07. The second-order valence-electron chi connectivity index (χ2n) is 10.9. The Morgan fingerprint density at radius 3 is 1.80 bits per heavy atom. The molecule has 1 unspecified atom stereocenters. The highest BCUT2D eigenvalue weighted by molar-refractivity contribution is 5.88. The highest BCUT2D eigenvalue weighted by atomic mass is 16.5. The smallest absolute Gasteiger partial charge is 0.227 e. The van der Waals surface area contributed by atoms with Crippen LogP contribution >= 0.6 is 0 Å². The first-order chi connectivity index (χ1) is 22.5. The van der Waals surface area contributed by atoms with E-state index >= 15 is 0 Å². The number of allylic oxidation sites excluding steroid dienone is 12. The minimum absolute atomic E-state index is 0.0130. The van der Waals surface area contributed by atoms with Gasteiger partial charge in [0, 0.05) is 19.5 Å². The van der Waals surface area contributed by atoms with E-state index < -0.39 is 0 Å². The lowest BCUT2D eigenvalue weighted by Gasteiger charge is -2.14. The molecule has 2 rings (SSSR count). The van der Waals surface area contributed by atoms with Gasteiger partial charge in [-0.05, 0) is 80.3 Å². The van der Waals surface area contributed by atoms with Gasteiger partial charge >= 0.3 is 0 Å². The number of carbonyl (C=O) groups is 2. The molecule has 6 heteroatoms. The predicted octanol–water partition coefficient (Wildman–Crippen LogP) is 8.68. The highest BCUT2D eigenvalue weighted by Gasteiger charge is 2.15. The largest absolute Gasteiger partial charge is 0.497 e. The van der Waals surface area contributed by atoms with Crippen LogP contribution in [0.3, 0.4) is 0 Å². The number of hydrogen-bond donors (Lipinski definition) is 2. The van der Waals surface area contributed by atoms with Crippen molar-refractivity contribution in [1.82, 2.24) is 10.6 Å². The fourth-order valence-electron chi connectivity index (χ4n) is 4.50. The van der Waals surface area contributed by atoms with E-state index in [1.807, 2.05) is 49.4 Å². The van der Waals surface area contributed by atoms with Gasteiger partial charge in [-0.3, -0.25) is 9.59 Å². The van der Waals surface area contributed by atoms with Crippen LogP contribution in [0.1, 0.15) is 76.7 Å². The first-order valence-electron chi connectivity index (χ1n) is 16.6. The van der Waals surface area contributed by atoms with Gasteiger partial charge in [-0.15, -0.1) is 0 Å². The van der Waals surface area contributed by atoms with Gasteiger partial charge in [-0.2, -0.15) is 0 Å². The molecule has 0 fully saturated rings. The van der Waals surface area contributed by atoms with Crippen LogP contribution in [-0.4, -0.2) is 45.2 Å². The summed E-state index contributed by atoms with van der Waals surface area (Å²) in [6.45, 7) is 5.72. The Balaban J connectivity index is 1.43. The third-order valence-corrected chi connectivity index (χ3v) is 7.21. The molecule has 0 aromatic heterocycles. The van der Waals surface area contributed by atoms with E-state index in [4.69, 9.17) is 9.47 Å². The van der Waals surface area contributed by atoms with E-state index in [1.54, 1.807) is 7.11 Å². The fraction of sp³-hybridized carbons (Fsp3) is 0.400. The molecule has 2 aromatic rings. The van der Waals surface area contributed by atoms with Crippen LogP contribution < -0.4 is 15.4 Å². The quantitative estimate of drug-likeness (QED) is 0.0956. The number of fused-ring (bicyclic) bond motifs is 1. The van der Waals surface area contributed by atoms with Gasteiger partial charge in [0.05, 0.1) is 26.2 Å². The van der Waals surface area contributed by atoms with Crippen molar-refractivity contribution in [2.24, 2.45) is 0 Å². The van der Waals surface area contributed by atoms with Gasteiger partial charge in [0.25, 0.3) is 0 Å². The molecule has 2 amide bonds. The minimum atomic E-state index is -0.271. The minimum Gasteiger partial charge on any atom is -0.497 e. The second kappa shape index (κ2) is 25.1. The summed E-state index contributed by atoms with van der Waals surface area (Å²) in [5, 5.41) is 7.95. The van der Waals surface area contributed by atoms with Crippen molar-refractivity contribution in [3.05, 3.63) is 115 Å². The number of rotatable bonds is 23. The predicted molar refractivity (Wildman–Crippen MR) is 193 cm³/mol. The zero-order valence-corrected chi connectivity index (χ0v) is 28.1. The summed E-state index contributed by atoms with van der Waals surface area (Å²) in [6, 6.07) is 11.9. The SMILES string of the molecule is CC/C=C\C/C=C\C/C=C\C/C=C\C/C=C\C/C=C\CCC(=O)NCCOCCNC(=O)C(C)c1ccc2cc(OC)ccc2c1. The normalized spacial score (nSPS) is 12.9. The van der Waals surface area contributed by atoms with E-state index in [9.17, 15) is 9.59 Å². The monoisotopic (exact) mass is 626 g/mol. The van der Waals surface area contributed by atoms with Crippen LogP contribution in [-0.2, 0) is 14.3 Å². The van der Waals surface area contributed by atoms with Gasteiger partial charge in [0.1, 0.15) is 5.75 Å².